The Hall–Kier alpha value is -3.86. The Morgan fingerprint density at radius 1 is 1.11 bits per heavy atom. The number of hydrogen-bond donors (Lipinski definition) is 1. The first-order valence-electron chi connectivity index (χ1n) is 10.6. The standard InChI is InChI=1S/C26H20Cl2N2O5/c1-3-33-21-9-4-14(10-23(21)32-2)24-18-8-6-16(12-22(18)35-25(30)19(24)13-29)34-26(31)17-7-5-15(27)11-20(17)28/h4-12,24H,3,30H2,1-2H3. The van der Waals surface area contributed by atoms with Gasteiger partial charge in [-0.05, 0) is 48.9 Å². The molecule has 1 atom stereocenters. The summed E-state index contributed by atoms with van der Waals surface area (Å²) >= 11 is 12.0. The number of allylic oxidation sites excluding steroid dienone is 1. The zero-order valence-electron chi connectivity index (χ0n) is 18.8. The van der Waals surface area contributed by atoms with Crippen LogP contribution in [0.4, 0.5) is 0 Å². The predicted octanol–water partition coefficient (Wildman–Crippen LogP) is 5.84. The minimum Gasteiger partial charge on any atom is -0.493 e. The van der Waals surface area contributed by atoms with Crippen molar-refractivity contribution in [1.29, 1.82) is 5.26 Å². The lowest BCUT2D eigenvalue weighted by Crippen LogP contribution is -2.21. The third kappa shape index (κ3) is 4.85. The van der Waals surface area contributed by atoms with E-state index in [1.54, 1.807) is 37.4 Å². The molecule has 35 heavy (non-hydrogen) atoms. The Labute approximate surface area is 212 Å². The Morgan fingerprint density at radius 2 is 1.91 bits per heavy atom. The average Bonchev–Trinajstić information content (AvgIpc) is 2.83. The number of nitrogens with zero attached hydrogens (tertiary/aromatic N) is 1. The van der Waals surface area contributed by atoms with E-state index in [1.165, 1.54) is 18.2 Å². The van der Waals surface area contributed by atoms with Gasteiger partial charge < -0.3 is 24.7 Å². The summed E-state index contributed by atoms with van der Waals surface area (Å²) in [6, 6.07) is 16.9. The van der Waals surface area contributed by atoms with Gasteiger partial charge in [-0.2, -0.15) is 5.26 Å². The van der Waals surface area contributed by atoms with Crippen molar-refractivity contribution in [2.24, 2.45) is 5.73 Å². The predicted molar refractivity (Wildman–Crippen MR) is 131 cm³/mol. The number of ether oxygens (including phenoxy) is 4. The second-order valence-corrected chi connectivity index (χ2v) is 8.33. The summed E-state index contributed by atoms with van der Waals surface area (Å²) in [5, 5.41) is 10.4. The largest absolute Gasteiger partial charge is 0.493 e. The Balaban J connectivity index is 1.70. The van der Waals surface area contributed by atoms with Crippen LogP contribution in [-0.2, 0) is 0 Å². The Kier molecular flexibility index (Phi) is 7.06. The first kappa shape index (κ1) is 24.3. The lowest BCUT2D eigenvalue weighted by Gasteiger charge is -2.27. The minimum absolute atomic E-state index is 0.0397. The van der Waals surface area contributed by atoms with Crippen molar-refractivity contribution in [3.8, 4) is 29.1 Å². The smallest absolute Gasteiger partial charge is 0.345 e. The van der Waals surface area contributed by atoms with E-state index in [9.17, 15) is 10.1 Å². The number of hydrogen-bond acceptors (Lipinski definition) is 7. The fourth-order valence-corrected chi connectivity index (χ4v) is 4.28. The van der Waals surface area contributed by atoms with Gasteiger partial charge in [-0.25, -0.2) is 4.79 Å². The van der Waals surface area contributed by atoms with Crippen LogP contribution in [0.15, 0.2) is 66.1 Å². The number of carbonyl (C=O) groups is 1. The number of rotatable bonds is 6. The van der Waals surface area contributed by atoms with Crippen molar-refractivity contribution in [2.75, 3.05) is 13.7 Å². The molecule has 0 saturated carbocycles. The minimum atomic E-state index is -0.656. The Bertz CT molecular complexity index is 1380. The highest BCUT2D eigenvalue weighted by molar-refractivity contribution is 6.36. The molecular formula is C26H20Cl2N2O5. The summed E-state index contributed by atoms with van der Waals surface area (Å²) in [6.45, 7) is 2.36. The quantitative estimate of drug-likeness (QED) is 0.328. The van der Waals surface area contributed by atoms with Gasteiger partial charge in [-0.1, -0.05) is 35.3 Å². The lowest BCUT2D eigenvalue weighted by atomic mass is 9.83. The summed E-state index contributed by atoms with van der Waals surface area (Å²) in [4.78, 5) is 12.6. The molecule has 3 aromatic carbocycles. The molecule has 0 radical (unpaired) electrons. The fourth-order valence-electron chi connectivity index (χ4n) is 3.80. The first-order valence-corrected chi connectivity index (χ1v) is 11.3. The van der Waals surface area contributed by atoms with Crippen molar-refractivity contribution in [3.63, 3.8) is 0 Å². The highest BCUT2D eigenvalue weighted by Crippen LogP contribution is 2.45. The third-order valence-electron chi connectivity index (χ3n) is 5.37. The molecule has 1 aliphatic heterocycles. The molecule has 0 aliphatic carbocycles. The number of methoxy groups -OCH3 is 1. The van der Waals surface area contributed by atoms with Gasteiger partial charge in [0, 0.05) is 16.7 Å². The SMILES string of the molecule is CCOc1ccc(C2C(C#N)=C(N)Oc3cc(OC(=O)c4ccc(Cl)cc4Cl)ccc32)cc1OC. The van der Waals surface area contributed by atoms with E-state index in [4.69, 9.17) is 47.9 Å². The molecule has 1 aliphatic rings. The molecule has 0 fully saturated rings. The van der Waals surface area contributed by atoms with Gasteiger partial charge in [0.05, 0.1) is 30.2 Å². The number of esters is 1. The number of carbonyl (C=O) groups excluding carboxylic acids is 1. The molecule has 0 saturated heterocycles. The van der Waals surface area contributed by atoms with Gasteiger partial charge in [0.25, 0.3) is 0 Å². The van der Waals surface area contributed by atoms with Crippen LogP contribution in [0.5, 0.6) is 23.0 Å². The van der Waals surface area contributed by atoms with Gasteiger partial charge in [0.1, 0.15) is 23.1 Å². The molecule has 9 heteroatoms. The van der Waals surface area contributed by atoms with Crippen molar-refractivity contribution in [1.82, 2.24) is 0 Å². The van der Waals surface area contributed by atoms with Crippen LogP contribution in [0.25, 0.3) is 0 Å². The third-order valence-corrected chi connectivity index (χ3v) is 5.92. The van der Waals surface area contributed by atoms with Crippen LogP contribution >= 0.6 is 23.2 Å². The molecule has 1 unspecified atom stereocenters. The molecule has 1 heterocycles. The summed E-state index contributed by atoms with van der Waals surface area (Å²) < 4.78 is 22.3. The van der Waals surface area contributed by atoms with Crippen molar-refractivity contribution >= 4 is 29.2 Å². The number of nitriles is 1. The molecule has 7 nitrogen and oxygen atoms in total. The zero-order chi connectivity index (χ0) is 25.1. The maximum atomic E-state index is 12.6. The molecule has 4 rings (SSSR count). The van der Waals surface area contributed by atoms with Gasteiger partial charge in [-0.15, -0.1) is 0 Å². The maximum absolute atomic E-state index is 12.6. The fraction of sp³-hybridized carbons (Fsp3) is 0.154. The van der Waals surface area contributed by atoms with E-state index in [0.717, 1.165) is 5.56 Å². The lowest BCUT2D eigenvalue weighted by molar-refractivity contribution is 0.0734. The number of fused-ring (bicyclic) bond motifs is 1. The van der Waals surface area contributed by atoms with Crippen LogP contribution in [0, 0.1) is 11.3 Å². The van der Waals surface area contributed by atoms with Crippen molar-refractivity contribution in [2.45, 2.75) is 12.8 Å². The number of nitrogens with two attached hydrogens (primary N) is 1. The van der Waals surface area contributed by atoms with Crippen LogP contribution < -0.4 is 24.7 Å². The van der Waals surface area contributed by atoms with Crippen molar-refractivity contribution in [3.05, 3.63) is 92.8 Å². The van der Waals surface area contributed by atoms with Gasteiger partial charge in [0.2, 0.25) is 5.88 Å². The monoisotopic (exact) mass is 510 g/mol. The summed E-state index contributed by atoms with van der Waals surface area (Å²) in [5.74, 6) is 0.466. The van der Waals surface area contributed by atoms with Crippen LogP contribution in [-0.4, -0.2) is 19.7 Å². The second-order valence-electron chi connectivity index (χ2n) is 7.48. The molecule has 0 aromatic heterocycles. The highest BCUT2D eigenvalue weighted by Gasteiger charge is 2.32. The van der Waals surface area contributed by atoms with Crippen LogP contribution in [0.3, 0.4) is 0 Å². The molecule has 0 amide bonds. The second kappa shape index (κ2) is 10.2. The molecule has 0 spiro atoms. The normalized spacial score (nSPS) is 14.4. The van der Waals surface area contributed by atoms with Gasteiger partial charge >= 0.3 is 5.97 Å². The van der Waals surface area contributed by atoms with Gasteiger partial charge in [0.15, 0.2) is 11.5 Å². The van der Waals surface area contributed by atoms with E-state index in [1.807, 2.05) is 13.0 Å². The molecule has 3 aromatic rings. The average molecular weight is 511 g/mol. The first-order chi connectivity index (χ1) is 16.9. The molecular weight excluding hydrogens is 491 g/mol. The van der Waals surface area contributed by atoms with Crippen molar-refractivity contribution < 1.29 is 23.7 Å². The molecule has 2 N–H and O–H groups in total. The molecule has 178 valence electrons. The Morgan fingerprint density at radius 3 is 2.60 bits per heavy atom. The van der Waals surface area contributed by atoms with E-state index >= 15 is 0 Å². The highest BCUT2D eigenvalue weighted by atomic mass is 35.5. The van der Waals surface area contributed by atoms with E-state index in [-0.39, 0.29) is 27.8 Å². The maximum Gasteiger partial charge on any atom is 0.345 e. The summed E-state index contributed by atoms with van der Waals surface area (Å²) in [5.41, 5.74) is 7.95. The summed E-state index contributed by atoms with van der Waals surface area (Å²) in [7, 11) is 1.54. The molecule has 0 bridgehead atoms. The number of benzene rings is 3. The van der Waals surface area contributed by atoms with E-state index in [0.29, 0.717) is 34.4 Å². The van der Waals surface area contributed by atoms with E-state index in [2.05, 4.69) is 6.07 Å². The number of halogens is 2. The van der Waals surface area contributed by atoms with Gasteiger partial charge in [-0.3, -0.25) is 0 Å². The van der Waals surface area contributed by atoms with Crippen LogP contribution in [0.1, 0.15) is 34.3 Å². The zero-order valence-corrected chi connectivity index (χ0v) is 20.3. The van der Waals surface area contributed by atoms with Crippen LogP contribution in [0.2, 0.25) is 10.0 Å². The topological polar surface area (TPSA) is 104 Å². The summed E-state index contributed by atoms with van der Waals surface area (Å²) in [6.07, 6.45) is 0. The van der Waals surface area contributed by atoms with E-state index < -0.39 is 11.9 Å².